The summed E-state index contributed by atoms with van der Waals surface area (Å²) >= 11 is 0. The average molecular weight is 277 g/mol. The van der Waals surface area contributed by atoms with E-state index in [0.29, 0.717) is 0 Å². The van der Waals surface area contributed by atoms with Gasteiger partial charge in [-0.05, 0) is 12.1 Å². The minimum absolute atomic E-state index is 0.152. The lowest BCUT2D eigenvalue weighted by Crippen LogP contribution is -2.19. The molecule has 0 amide bonds. The van der Waals surface area contributed by atoms with Crippen LogP contribution in [-0.2, 0) is 19.6 Å². The van der Waals surface area contributed by atoms with E-state index in [4.69, 9.17) is 0 Å². The summed E-state index contributed by atoms with van der Waals surface area (Å²) in [7, 11) is -2.66. The molecule has 0 heterocycles. The van der Waals surface area contributed by atoms with Crippen LogP contribution in [0.5, 0.6) is 5.75 Å². The van der Waals surface area contributed by atoms with Crippen LogP contribution in [0.15, 0.2) is 18.2 Å². The summed E-state index contributed by atoms with van der Waals surface area (Å²) in [6.45, 7) is 0. The summed E-state index contributed by atoms with van der Waals surface area (Å²) in [4.78, 5) is 10.8. The van der Waals surface area contributed by atoms with Crippen LogP contribution in [0.1, 0.15) is 6.42 Å². The number of esters is 1. The minimum atomic E-state index is -3.81. The second-order valence-corrected chi connectivity index (χ2v) is 5.25. The van der Waals surface area contributed by atoms with Crippen molar-refractivity contribution < 1.29 is 27.4 Å². The predicted molar refractivity (Wildman–Crippen MR) is 62.1 cm³/mol. The highest BCUT2D eigenvalue weighted by Crippen LogP contribution is 2.24. The zero-order valence-electron chi connectivity index (χ0n) is 9.51. The number of hydrogen-bond acceptors (Lipinski definition) is 5. The van der Waals surface area contributed by atoms with Crippen molar-refractivity contribution in [3.8, 4) is 5.75 Å². The van der Waals surface area contributed by atoms with Crippen LogP contribution in [0.2, 0.25) is 0 Å². The van der Waals surface area contributed by atoms with Crippen molar-refractivity contribution in [1.29, 1.82) is 0 Å². The first-order valence-electron chi connectivity index (χ1n) is 4.90. The van der Waals surface area contributed by atoms with Gasteiger partial charge in [-0.1, -0.05) is 0 Å². The highest BCUT2D eigenvalue weighted by Gasteiger charge is 2.15. The standard InChI is InChI=1S/C10H12FNO5S/c1-17-10(14)4-5-18(15,16)12-8-3-2-7(11)6-9(8)13/h2-3,6,12-13H,4-5H2,1H3. The average Bonchev–Trinajstić information content (AvgIpc) is 2.30. The third kappa shape index (κ3) is 4.21. The number of halogens is 1. The number of anilines is 1. The van der Waals surface area contributed by atoms with Crippen LogP contribution in [0, 0.1) is 5.82 Å². The zero-order valence-corrected chi connectivity index (χ0v) is 10.3. The van der Waals surface area contributed by atoms with E-state index in [9.17, 15) is 22.7 Å². The molecular weight excluding hydrogens is 265 g/mol. The lowest BCUT2D eigenvalue weighted by Gasteiger charge is -2.08. The summed E-state index contributed by atoms with van der Waals surface area (Å²) in [5, 5.41) is 9.32. The van der Waals surface area contributed by atoms with E-state index >= 15 is 0 Å². The number of aromatic hydroxyl groups is 1. The number of sulfonamides is 1. The Hall–Kier alpha value is -1.83. The molecular formula is C10H12FNO5S. The number of phenols is 1. The van der Waals surface area contributed by atoms with E-state index in [2.05, 4.69) is 4.74 Å². The molecule has 0 aromatic heterocycles. The Bertz CT molecular complexity index is 543. The fourth-order valence-electron chi connectivity index (χ4n) is 1.13. The van der Waals surface area contributed by atoms with Crippen LogP contribution in [0.25, 0.3) is 0 Å². The number of phenolic OH excluding ortho intramolecular Hbond substituents is 1. The van der Waals surface area contributed by atoms with Gasteiger partial charge in [0.25, 0.3) is 0 Å². The molecule has 18 heavy (non-hydrogen) atoms. The van der Waals surface area contributed by atoms with Gasteiger partial charge in [-0.2, -0.15) is 0 Å². The second-order valence-electron chi connectivity index (χ2n) is 3.41. The van der Waals surface area contributed by atoms with E-state index in [1.807, 2.05) is 4.72 Å². The lowest BCUT2D eigenvalue weighted by atomic mass is 10.3. The number of ether oxygens (including phenoxy) is 1. The third-order valence-corrected chi connectivity index (χ3v) is 3.30. The number of benzene rings is 1. The summed E-state index contributed by atoms with van der Waals surface area (Å²) in [6, 6.07) is 2.86. The molecule has 0 fully saturated rings. The maximum atomic E-state index is 12.7. The number of rotatable bonds is 5. The maximum absolute atomic E-state index is 12.7. The van der Waals surface area contributed by atoms with Gasteiger partial charge in [-0.15, -0.1) is 0 Å². The molecule has 0 aliphatic carbocycles. The van der Waals surface area contributed by atoms with Crippen molar-refractivity contribution in [2.45, 2.75) is 6.42 Å². The van der Waals surface area contributed by atoms with Crippen molar-refractivity contribution >= 4 is 21.7 Å². The van der Waals surface area contributed by atoms with Gasteiger partial charge in [0.2, 0.25) is 10.0 Å². The minimum Gasteiger partial charge on any atom is -0.506 e. The Morgan fingerprint density at radius 1 is 1.50 bits per heavy atom. The Labute approximate surface area is 103 Å². The highest BCUT2D eigenvalue weighted by atomic mass is 32.2. The maximum Gasteiger partial charge on any atom is 0.306 e. The molecule has 100 valence electrons. The van der Waals surface area contributed by atoms with Crippen molar-refractivity contribution in [1.82, 2.24) is 0 Å². The topological polar surface area (TPSA) is 92.7 Å². The van der Waals surface area contributed by atoms with Gasteiger partial charge < -0.3 is 9.84 Å². The normalized spacial score (nSPS) is 11.0. The first kappa shape index (κ1) is 14.2. The second kappa shape index (κ2) is 5.67. The Kier molecular flexibility index (Phi) is 4.49. The monoisotopic (exact) mass is 277 g/mol. The van der Waals surface area contributed by atoms with Crippen LogP contribution >= 0.6 is 0 Å². The van der Waals surface area contributed by atoms with E-state index < -0.39 is 33.3 Å². The number of methoxy groups -OCH3 is 1. The number of carbonyl (C=O) groups is 1. The van der Waals surface area contributed by atoms with E-state index in [-0.39, 0.29) is 12.1 Å². The molecule has 0 aliphatic heterocycles. The van der Waals surface area contributed by atoms with Gasteiger partial charge in [0, 0.05) is 6.07 Å². The predicted octanol–water partition coefficient (Wildman–Crippen LogP) is 0.836. The smallest absolute Gasteiger partial charge is 0.306 e. The van der Waals surface area contributed by atoms with Crippen molar-refractivity contribution in [3.05, 3.63) is 24.0 Å². The quantitative estimate of drug-likeness (QED) is 0.614. The summed E-state index contributed by atoms with van der Waals surface area (Å²) in [5.41, 5.74) is -0.152. The van der Waals surface area contributed by atoms with E-state index in [1.165, 1.54) is 0 Å². The SMILES string of the molecule is COC(=O)CCS(=O)(=O)Nc1ccc(F)cc1O. The number of nitrogens with one attached hydrogen (secondary N) is 1. The fraction of sp³-hybridized carbons (Fsp3) is 0.300. The van der Waals surface area contributed by atoms with Gasteiger partial charge in [-0.3, -0.25) is 9.52 Å². The van der Waals surface area contributed by atoms with Gasteiger partial charge in [-0.25, -0.2) is 12.8 Å². The molecule has 0 atom stereocenters. The van der Waals surface area contributed by atoms with E-state index in [1.54, 1.807) is 0 Å². The summed E-state index contributed by atoms with van der Waals surface area (Å²) < 4.78 is 42.1. The largest absolute Gasteiger partial charge is 0.506 e. The molecule has 0 spiro atoms. The molecule has 1 aromatic rings. The Morgan fingerprint density at radius 2 is 2.17 bits per heavy atom. The molecule has 0 unspecified atom stereocenters. The Morgan fingerprint density at radius 3 is 2.72 bits per heavy atom. The zero-order chi connectivity index (χ0) is 13.8. The van der Waals surface area contributed by atoms with E-state index in [0.717, 1.165) is 25.3 Å². The Balaban J connectivity index is 2.73. The first-order chi connectivity index (χ1) is 8.34. The van der Waals surface area contributed by atoms with Crippen molar-refractivity contribution in [2.24, 2.45) is 0 Å². The van der Waals surface area contributed by atoms with Crippen LogP contribution in [-0.4, -0.2) is 32.4 Å². The molecule has 0 bridgehead atoms. The molecule has 1 aromatic carbocycles. The van der Waals surface area contributed by atoms with Gasteiger partial charge in [0.15, 0.2) is 0 Å². The molecule has 0 saturated carbocycles. The fourth-order valence-corrected chi connectivity index (χ4v) is 2.17. The molecule has 0 aliphatic rings. The molecule has 6 nitrogen and oxygen atoms in total. The molecule has 8 heteroatoms. The molecule has 0 radical (unpaired) electrons. The first-order valence-corrected chi connectivity index (χ1v) is 6.55. The number of hydrogen-bond donors (Lipinski definition) is 2. The van der Waals surface area contributed by atoms with Gasteiger partial charge >= 0.3 is 5.97 Å². The van der Waals surface area contributed by atoms with Gasteiger partial charge in [0.1, 0.15) is 11.6 Å². The number of carbonyl (C=O) groups excluding carboxylic acids is 1. The van der Waals surface area contributed by atoms with Crippen LogP contribution in [0.4, 0.5) is 10.1 Å². The van der Waals surface area contributed by atoms with Crippen molar-refractivity contribution in [2.75, 3.05) is 17.6 Å². The summed E-state index contributed by atoms with van der Waals surface area (Å²) in [5.74, 6) is -2.37. The van der Waals surface area contributed by atoms with Crippen molar-refractivity contribution in [3.63, 3.8) is 0 Å². The van der Waals surface area contributed by atoms with Crippen LogP contribution < -0.4 is 4.72 Å². The third-order valence-electron chi connectivity index (χ3n) is 2.03. The van der Waals surface area contributed by atoms with Gasteiger partial charge in [0.05, 0.1) is 25.0 Å². The molecule has 0 saturated heterocycles. The highest BCUT2D eigenvalue weighted by molar-refractivity contribution is 7.92. The summed E-state index contributed by atoms with van der Waals surface area (Å²) in [6.07, 6.45) is -0.312. The molecule has 1 rings (SSSR count). The molecule has 2 N–H and O–H groups in total. The lowest BCUT2D eigenvalue weighted by molar-refractivity contribution is -0.140. The van der Waals surface area contributed by atoms with Crippen LogP contribution in [0.3, 0.4) is 0 Å².